The lowest BCUT2D eigenvalue weighted by atomic mass is 9.80. The number of benzene rings is 1. The monoisotopic (exact) mass is 348 g/mol. The highest BCUT2D eigenvalue weighted by atomic mass is 16.7. The predicted molar refractivity (Wildman–Crippen MR) is 108 cm³/mol. The second-order valence-electron chi connectivity index (χ2n) is 9.94. The van der Waals surface area contributed by atoms with Crippen molar-refractivity contribution in [2.45, 2.75) is 99.9 Å². The summed E-state index contributed by atoms with van der Waals surface area (Å²) in [5.74, 6) is 1.50. The molecule has 0 radical (unpaired) electrons. The number of hydrogen-bond donors (Lipinski definition) is 0. The van der Waals surface area contributed by atoms with Gasteiger partial charge in [0.15, 0.2) is 0 Å². The normalized spacial score (nSPS) is 15.3. The van der Waals surface area contributed by atoms with Gasteiger partial charge in [-0.3, -0.25) is 0 Å². The first-order valence-electron chi connectivity index (χ1n) is 9.81. The molecule has 0 heterocycles. The predicted octanol–water partition coefficient (Wildman–Crippen LogP) is 7.18. The van der Waals surface area contributed by atoms with Crippen LogP contribution in [0.1, 0.15) is 93.1 Å². The summed E-state index contributed by atoms with van der Waals surface area (Å²) in [4.78, 5) is 0. The van der Waals surface area contributed by atoms with Gasteiger partial charge in [0, 0.05) is 6.42 Å². The Hall–Kier alpha value is -1.02. The van der Waals surface area contributed by atoms with Crippen LogP contribution in [0.15, 0.2) is 24.3 Å². The maximum absolute atomic E-state index is 6.15. The summed E-state index contributed by atoms with van der Waals surface area (Å²) in [6.45, 7) is 20.0. The molecule has 2 unspecified atom stereocenters. The van der Waals surface area contributed by atoms with Crippen molar-refractivity contribution in [1.29, 1.82) is 0 Å². The third kappa shape index (κ3) is 9.30. The van der Waals surface area contributed by atoms with E-state index in [9.17, 15) is 0 Å². The quantitative estimate of drug-likeness (QED) is 0.463. The highest BCUT2D eigenvalue weighted by Gasteiger charge is 2.22. The Balaban J connectivity index is 2.82. The van der Waals surface area contributed by atoms with E-state index in [2.05, 4.69) is 86.6 Å². The van der Waals surface area contributed by atoms with Crippen molar-refractivity contribution in [1.82, 2.24) is 0 Å². The maximum atomic E-state index is 6.15. The van der Waals surface area contributed by atoms with Crippen molar-refractivity contribution in [3.05, 3.63) is 29.8 Å². The zero-order valence-electron chi connectivity index (χ0n) is 18.0. The number of hydrogen-bond acceptors (Lipinski definition) is 2. The summed E-state index contributed by atoms with van der Waals surface area (Å²) in [7, 11) is 0. The van der Waals surface area contributed by atoms with Crippen LogP contribution in [0.4, 0.5) is 0 Å². The van der Waals surface area contributed by atoms with Crippen LogP contribution in [-0.4, -0.2) is 12.4 Å². The van der Waals surface area contributed by atoms with Gasteiger partial charge in [0.2, 0.25) is 6.29 Å². The zero-order valence-corrected chi connectivity index (χ0v) is 18.0. The summed E-state index contributed by atoms with van der Waals surface area (Å²) < 4.78 is 12.1. The van der Waals surface area contributed by atoms with Crippen LogP contribution in [-0.2, 0) is 4.74 Å². The number of ether oxygens (including phenoxy) is 2. The fourth-order valence-corrected chi connectivity index (χ4v) is 3.13. The third-order valence-electron chi connectivity index (χ3n) is 4.17. The molecule has 0 amide bonds. The molecule has 0 fully saturated rings. The minimum Gasteiger partial charge on any atom is -0.465 e. The molecule has 0 N–H and O–H groups in total. The van der Waals surface area contributed by atoms with Gasteiger partial charge < -0.3 is 9.47 Å². The Morgan fingerprint density at radius 2 is 1.36 bits per heavy atom. The highest BCUT2D eigenvalue weighted by Crippen LogP contribution is 2.34. The summed E-state index contributed by atoms with van der Waals surface area (Å²) in [5, 5.41) is 0. The smallest absolute Gasteiger partial charge is 0.200 e. The molecule has 0 saturated carbocycles. The molecule has 25 heavy (non-hydrogen) atoms. The van der Waals surface area contributed by atoms with Crippen molar-refractivity contribution in [2.24, 2.45) is 10.8 Å². The van der Waals surface area contributed by atoms with Crippen molar-refractivity contribution in [3.63, 3.8) is 0 Å². The van der Waals surface area contributed by atoms with E-state index in [0.717, 1.165) is 12.2 Å². The molecule has 2 atom stereocenters. The Morgan fingerprint density at radius 3 is 1.76 bits per heavy atom. The van der Waals surface area contributed by atoms with Crippen molar-refractivity contribution >= 4 is 0 Å². The molecular weight excluding hydrogens is 308 g/mol. The van der Waals surface area contributed by atoms with Gasteiger partial charge in [-0.25, -0.2) is 0 Å². The molecule has 0 spiro atoms. The van der Waals surface area contributed by atoms with Crippen molar-refractivity contribution < 1.29 is 9.47 Å². The maximum Gasteiger partial charge on any atom is 0.200 e. The molecule has 2 heteroatoms. The molecule has 1 aromatic rings. The Kier molecular flexibility index (Phi) is 7.99. The molecular formula is C23H40O2. The minimum atomic E-state index is -0.206. The minimum absolute atomic E-state index is 0.155. The van der Waals surface area contributed by atoms with Crippen LogP contribution < -0.4 is 4.74 Å². The number of rotatable bonds is 8. The van der Waals surface area contributed by atoms with Crippen LogP contribution in [0.2, 0.25) is 0 Å². The van der Waals surface area contributed by atoms with Gasteiger partial charge in [-0.1, -0.05) is 60.6 Å². The van der Waals surface area contributed by atoms with Crippen LogP contribution in [0, 0.1) is 10.8 Å². The molecule has 144 valence electrons. The van der Waals surface area contributed by atoms with Gasteiger partial charge in [0.25, 0.3) is 0 Å². The van der Waals surface area contributed by atoms with Crippen LogP contribution in [0.25, 0.3) is 0 Å². The van der Waals surface area contributed by atoms with Crippen LogP contribution in [0.3, 0.4) is 0 Å². The second-order valence-corrected chi connectivity index (χ2v) is 9.94. The standard InChI is InChI=1S/C23H40O2/c1-10-18(15-22(4,5)6)19-11-13-20(14-12-19)25-21(24-17(2)3)16-23(7,8)9/h11-14,17-18,21H,10,15-16H2,1-9H3. The lowest BCUT2D eigenvalue weighted by molar-refractivity contribution is -0.124. The average Bonchev–Trinajstić information content (AvgIpc) is 2.42. The molecule has 0 aliphatic carbocycles. The van der Waals surface area contributed by atoms with E-state index >= 15 is 0 Å². The average molecular weight is 349 g/mol. The summed E-state index contributed by atoms with van der Waals surface area (Å²) in [6, 6.07) is 8.64. The fourth-order valence-electron chi connectivity index (χ4n) is 3.13. The molecule has 1 aromatic carbocycles. The molecule has 0 aromatic heterocycles. The summed E-state index contributed by atoms with van der Waals surface area (Å²) in [5.41, 5.74) is 1.92. The lowest BCUT2D eigenvalue weighted by Gasteiger charge is -2.28. The molecule has 2 nitrogen and oxygen atoms in total. The van der Waals surface area contributed by atoms with E-state index in [-0.39, 0.29) is 17.8 Å². The lowest BCUT2D eigenvalue weighted by Crippen LogP contribution is -2.29. The summed E-state index contributed by atoms with van der Waals surface area (Å²) >= 11 is 0. The molecule has 0 bridgehead atoms. The third-order valence-corrected chi connectivity index (χ3v) is 4.17. The Morgan fingerprint density at radius 1 is 0.840 bits per heavy atom. The van der Waals surface area contributed by atoms with Crippen LogP contribution >= 0.6 is 0 Å². The Labute approximate surface area is 156 Å². The largest absolute Gasteiger partial charge is 0.465 e. The molecule has 0 aliphatic rings. The van der Waals surface area contributed by atoms with Gasteiger partial charge in [0.1, 0.15) is 5.75 Å². The van der Waals surface area contributed by atoms with Crippen molar-refractivity contribution in [2.75, 3.05) is 0 Å². The molecule has 0 aliphatic heterocycles. The Bertz CT molecular complexity index is 488. The first-order valence-corrected chi connectivity index (χ1v) is 9.81. The van der Waals surface area contributed by atoms with Crippen LogP contribution in [0.5, 0.6) is 5.75 Å². The highest BCUT2D eigenvalue weighted by molar-refractivity contribution is 5.29. The van der Waals surface area contributed by atoms with Gasteiger partial charge >= 0.3 is 0 Å². The van der Waals surface area contributed by atoms with E-state index in [1.807, 2.05) is 0 Å². The fraction of sp³-hybridized carbons (Fsp3) is 0.739. The first kappa shape index (κ1) is 22.0. The van der Waals surface area contributed by atoms with E-state index < -0.39 is 0 Å². The van der Waals surface area contributed by atoms with Gasteiger partial charge in [-0.2, -0.15) is 0 Å². The van der Waals surface area contributed by atoms with Crippen molar-refractivity contribution in [3.8, 4) is 5.75 Å². The van der Waals surface area contributed by atoms with Gasteiger partial charge in [-0.15, -0.1) is 0 Å². The second kappa shape index (κ2) is 9.07. The first-order chi connectivity index (χ1) is 11.4. The van der Waals surface area contributed by atoms with E-state index in [1.54, 1.807) is 0 Å². The van der Waals surface area contributed by atoms with Gasteiger partial charge in [-0.05, 0) is 61.1 Å². The summed E-state index contributed by atoms with van der Waals surface area (Å²) in [6.07, 6.45) is 3.19. The van der Waals surface area contributed by atoms with E-state index in [1.165, 1.54) is 18.4 Å². The van der Waals surface area contributed by atoms with Gasteiger partial charge in [0.05, 0.1) is 6.10 Å². The molecule has 0 saturated heterocycles. The van der Waals surface area contributed by atoms with E-state index in [0.29, 0.717) is 11.3 Å². The molecule has 1 rings (SSSR count). The zero-order chi connectivity index (χ0) is 19.3. The SMILES string of the molecule is CCC(CC(C)(C)C)c1ccc(OC(CC(C)(C)C)OC(C)C)cc1. The van der Waals surface area contributed by atoms with E-state index in [4.69, 9.17) is 9.47 Å². The topological polar surface area (TPSA) is 18.5 Å².